The Morgan fingerprint density at radius 2 is 1.87 bits per heavy atom. The van der Waals surface area contributed by atoms with E-state index in [1.165, 1.54) is 27.0 Å². The summed E-state index contributed by atoms with van der Waals surface area (Å²) >= 11 is 1.75. The predicted molar refractivity (Wildman–Crippen MR) is 98.1 cm³/mol. The molecule has 0 radical (unpaired) electrons. The van der Waals surface area contributed by atoms with Gasteiger partial charge in [-0.3, -0.25) is 4.40 Å². The van der Waals surface area contributed by atoms with E-state index in [-0.39, 0.29) is 0 Å². The molecule has 0 amide bonds. The molecule has 2 aromatic carbocycles. The van der Waals surface area contributed by atoms with E-state index in [4.69, 9.17) is 10.7 Å². The molecule has 0 aliphatic rings. The molecule has 0 fully saturated rings. The van der Waals surface area contributed by atoms with E-state index < -0.39 is 0 Å². The van der Waals surface area contributed by atoms with Gasteiger partial charge in [0.25, 0.3) is 0 Å². The summed E-state index contributed by atoms with van der Waals surface area (Å²) in [6.45, 7) is 2.88. The lowest BCUT2D eigenvalue weighted by molar-refractivity contribution is 0.969. The maximum atomic E-state index is 5.63. The molecule has 2 heterocycles. The van der Waals surface area contributed by atoms with Gasteiger partial charge in [-0.1, -0.05) is 54.7 Å². The van der Waals surface area contributed by atoms with Crippen molar-refractivity contribution in [3.8, 4) is 11.3 Å². The number of thiazole rings is 1. The first-order chi connectivity index (χ1) is 11.3. The topological polar surface area (TPSA) is 43.3 Å². The zero-order valence-electron chi connectivity index (χ0n) is 13.1. The van der Waals surface area contributed by atoms with Gasteiger partial charge in [-0.05, 0) is 37.1 Å². The number of hydrogen-bond donors (Lipinski definition) is 1. The van der Waals surface area contributed by atoms with Crippen LogP contribution in [0.1, 0.15) is 18.2 Å². The molecular formula is C19H19N3S. The quantitative estimate of drug-likeness (QED) is 0.609. The summed E-state index contributed by atoms with van der Waals surface area (Å²) in [6.07, 6.45) is 1.88. The van der Waals surface area contributed by atoms with Crippen LogP contribution in [0.2, 0.25) is 0 Å². The van der Waals surface area contributed by atoms with Crippen LogP contribution in [0.25, 0.3) is 26.4 Å². The number of benzene rings is 2. The van der Waals surface area contributed by atoms with Crippen molar-refractivity contribution in [1.82, 2.24) is 9.38 Å². The van der Waals surface area contributed by atoms with E-state index in [0.717, 1.165) is 23.5 Å². The van der Waals surface area contributed by atoms with Gasteiger partial charge in [-0.25, -0.2) is 4.98 Å². The van der Waals surface area contributed by atoms with Crippen molar-refractivity contribution < 1.29 is 0 Å². The Bertz CT molecular complexity index is 964. The minimum atomic E-state index is 0.686. The zero-order chi connectivity index (χ0) is 15.8. The summed E-state index contributed by atoms with van der Waals surface area (Å²) in [6, 6.07) is 17.2. The van der Waals surface area contributed by atoms with Gasteiger partial charge in [-0.15, -0.1) is 0 Å². The summed E-state index contributed by atoms with van der Waals surface area (Å²) in [7, 11) is 0. The average molecular weight is 321 g/mol. The van der Waals surface area contributed by atoms with Gasteiger partial charge in [0.15, 0.2) is 4.96 Å². The van der Waals surface area contributed by atoms with E-state index in [9.17, 15) is 0 Å². The molecule has 4 aromatic rings. The minimum Gasteiger partial charge on any atom is -0.330 e. The van der Waals surface area contributed by atoms with Crippen molar-refractivity contribution in [1.29, 1.82) is 0 Å². The predicted octanol–water partition coefficient (Wildman–Crippen LogP) is 4.28. The highest BCUT2D eigenvalue weighted by atomic mass is 32.1. The molecule has 0 unspecified atom stereocenters. The first-order valence-corrected chi connectivity index (χ1v) is 8.81. The molecule has 4 rings (SSSR count). The first-order valence-electron chi connectivity index (χ1n) is 8.00. The number of nitrogens with two attached hydrogens (primary N) is 1. The number of fused-ring (bicyclic) bond motifs is 3. The van der Waals surface area contributed by atoms with Crippen LogP contribution < -0.4 is 5.73 Å². The Hall–Kier alpha value is -2.17. The molecule has 0 aliphatic heterocycles. The molecule has 2 aromatic heterocycles. The summed E-state index contributed by atoms with van der Waals surface area (Å²) < 4.78 is 3.60. The Morgan fingerprint density at radius 3 is 2.61 bits per heavy atom. The van der Waals surface area contributed by atoms with E-state index in [0.29, 0.717) is 6.54 Å². The van der Waals surface area contributed by atoms with Crippen molar-refractivity contribution in [3.63, 3.8) is 0 Å². The Labute approximate surface area is 139 Å². The van der Waals surface area contributed by atoms with Crippen molar-refractivity contribution in [3.05, 3.63) is 59.8 Å². The van der Waals surface area contributed by atoms with E-state index >= 15 is 0 Å². The van der Waals surface area contributed by atoms with Crippen LogP contribution in [0.15, 0.2) is 48.5 Å². The molecular weight excluding hydrogens is 302 g/mol. The summed E-state index contributed by atoms with van der Waals surface area (Å²) in [5.74, 6) is 0. The van der Waals surface area contributed by atoms with Gasteiger partial charge < -0.3 is 5.73 Å². The van der Waals surface area contributed by atoms with Gasteiger partial charge in [0.05, 0.1) is 21.6 Å². The van der Waals surface area contributed by atoms with Crippen molar-refractivity contribution >= 4 is 26.5 Å². The van der Waals surface area contributed by atoms with Gasteiger partial charge in [-0.2, -0.15) is 0 Å². The molecule has 3 nitrogen and oxygen atoms in total. The second-order valence-corrected chi connectivity index (χ2v) is 6.69. The van der Waals surface area contributed by atoms with Crippen LogP contribution in [0.4, 0.5) is 0 Å². The minimum absolute atomic E-state index is 0.686. The molecule has 116 valence electrons. The Morgan fingerprint density at radius 1 is 1.09 bits per heavy atom. The number of rotatable bonds is 4. The van der Waals surface area contributed by atoms with Crippen LogP contribution in [0, 0.1) is 0 Å². The molecule has 0 aliphatic carbocycles. The van der Waals surface area contributed by atoms with Crippen LogP contribution in [0.5, 0.6) is 0 Å². The summed E-state index contributed by atoms with van der Waals surface area (Å²) in [5, 5.41) is 0. The number of nitrogens with zero attached hydrogens (tertiary/aromatic N) is 2. The van der Waals surface area contributed by atoms with Gasteiger partial charge in [0.2, 0.25) is 0 Å². The van der Waals surface area contributed by atoms with Crippen LogP contribution in [-0.2, 0) is 12.8 Å². The van der Waals surface area contributed by atoms with Crippen molar-refractivity contribution in [2.75, 3.05) is 6.54 Å². The molecule has 0 atom stereocenters. The highest BCUT2D eigenvalue weighted by molar-refractivity contribution is 7.23. The molecule has 0 bridgehead atoms. The van der Waals surface area contributed by atoms with Gasteiger partial charge in [0, 0.05) is 5.56 Å². The fraction of sp³-hybridized carbons (Fsp3) is 0.211. The number of hydrogen-bond acceptors (Lipinski definition) is 3. The van der Waals surface area contributed by atoms with E-state index in [2.05, 4.69) is 59.9 Å². The lowest BCUT2D eigenvalue weighted by Gasteiger charge is -2.04. The standard InChI is InChI=1S/C19H19N3S/c1-2-15-18(14-9-7-13(8-10-14)11-12-20)21-19-22(15)16-5-3-4-6-17(16)23-19/h3-10H,2,11-12,20H2,1H3. The fourth-order valence-electron chi connectivity index (χ4n) is 3.13. The van der Waals surface area contributed by atoms with Crippen LogP contribution in [0.3, 0.4) is 0 Å². The molecule has 4 heteroatoms. The third kappa shape index (κ3) is 2.35. The number of aryl methyl sites for hydroxylation is 1. The summed E-state index contributed by atoms with van der Waals surface area (Å²) in [5.41, 5.74) is 11.7. The Balaban J connectivity index is 1.89. The number of aromatic nitrogens is 2. The fourth-order valence-corrected chi connectivity index (χ4v) is 4.17. The number of para-hydroxylation sites is 1. The molecule has 2 N–H and O–H groups in total. The normalized spacial score (nSPS) is 11.6. The highest BCUT2D eigenvalue weighted by Gasteiger charge is 2.16. The maximum Gasteiger partial charge on any atom is 0.195 e. The number of imidazole rings is 1. The lowest BCUT2D eigenvalue weighted by atomic mass is 10.1. The first kappa shape index (κ1) is 14.4. The third-order valence-corrected chi connectivity index (χ3v) is 5.27. The van der Waals surface area contributed by atoms with Gasteiger partial charge >= 0.3 is 0 Å². The molecule has 0 saturated carbocycles. The Kier molecular flexibility index (Phi) is 3.63. The van der Waals surface area contributed by atoms with Crippen molar-refractivity contribution in [2.24, 2.45) is 5.73 Å². The largest absolute Gasteiger partial charge is 0.330 e. The second-order valence-electron chi connectivity index (χ2n) is 5.68. The smallest absolute Gasteiger partial charge is 0.195 e. The SMILES string of the molecule is CCc1c(-c2ccc(CCN)cc2)nc2sc3ccccc3n12. The molecule has 0 spiro atoms. The maximum absolute atomic E-state index is 5.63. The van der Waals surface area contributed by atoms with E-state index in [1.807, 2.05) is 0 Å². The lowest BCUT2D eigenvalue weighted by Crippen LogP contribution is -2.02. The van der Waals surface area contributed by atoms with Crippen LogP contribution in [-0.4, -0.2) is 15.9 Å². The molecule has 23 heavy (non-hydrogen) atoms. The second kappa shape index (κ2) is 5.80. The highest BCUT2D eigenvalue weighted by Crippen LogP contribution is 2.33. The third-order valence-electron chi connectivity index (χ3n) is 4.24. The zero-order valence-corrected chi connectivity index (χ0v) is 13.9. The van der Waals surface area contributed by atoms with E-state index in [1.54, 1.807) is 11.3 Å². The van der Waals surface area contributed by atoms with Gasteiger partial charge in [0.1, 0.15) is 0 Å². The average Bonchev–Trinajstić information content (AvgIpc) is 3.11. The monoisotopic (exact) mass is 321 g/mol. The van der Waals surface area contributed by atoms with Crippen molar-refractivity contribution in [2.45, 2.75) is 19.8 Å². The summed E-state index contributed by atoms with van der Waals surface area (Å²) in [4.78, 5) is 6.00. The molecule has 0 saturated heterocycles. The van der Waals surface area contributed by atoms with Crippen LogP contribution >= 0.6 is 11.3 Å².